The van der Waals surface area contributed by atoms with Gasteiger partial charge < -0.3 is 33.6 Å². The highest BCUT2D eigenvalue weighted by Crippen LogP contribution is 2.17. The van der Waals surface area contributed by atoms with Crippen molar-refractivity contribution < 1.29 is 48.0 Å². The molecule has 0 amide bonds. The molecule has 0 aromatic heterocycles. The van der Waals surface area contributed by atoms with E-state index in [2.05, 4.69) is 4.74 Å². The molecular weight excluding hydrogens is 612 g/mol. The number of rotatable bonds is 16. The second-order valence-electron chi connectivity index (χ2n) is 11.0. The molecular formula is C33H56N4O10. The van der Waals surface area contributed by atoms with Crippen LogP contribution in [0, 0.1) is 0 Å². The van der Waals surface area contributed by atoms with Gasteiger partial charge >= 0.3 is 17.9 Å². The van der Waals surface area contributed by atoms with Crippen molar-refractivity contribution in [1.82, 2.24) is 19.6 Å². The number of nitrogens with zero attached hydrogens (tertiary/aromatic N) is 4. The van der Waals surface area contributed by atoms with Gasteiger partial charge in [-0.2, -0.15) is 0 Å². The molecule has 1 aromatic rings. The minimum Gasteiger partial charge on any atom is -0.491 e. The molecule has 1 fully saturated rings. The van der Waals surface area contributed by atoms with E-state index in [4.69, 9.17) is 18.9 Å². The second kappa shape index (κ2) is 25.0. The lowest BCUT2D eigenvalue weighted by Crippen LogP contribution is -2.53. The molecule has 1 heterocycles. The van der Waals surface area contributed by atoms with Crippen molar-refractivity contribution in [3.05, 3.63) is 29.8 Å². The summed E-state index contributed by atoms with van der Waals surface area (Å²) in [6.45, 7) is 9.14. The first-order valence-corrected chi connectivity index (χ1v) is 16.1. The Morgan fingerprint density at radius 3 is 1.83 bits per heavy atom. The lowest BCUT2D eigenvalue weighted by molar-refractivity contribution is -0.148. The van der Waals surface area contributed by atoms with Gasteiger partial charge in [0.25, 0.3) is 0 Å². The Bertz CT molecular complexity index is 1030. The van der Waals surface area contributed by atoms with Crippen molar-refractivity contribution in [2.45, 2.75) is 38.8 Å². The first-order valence-electron chi connectivity index (χ1n) is 16.1. The Kier molecular flexibility index (Phi) is 22.2. The Hall–Kier alpha value is -3.14. The fourth-order valence-corrected chi connectivity index (χ4v) is 5.23. The number of carbonyl (C=O) groups excluding carboxylic acids is 3. The van der Waals surface area contributed by atoms with Crippen LogP contribution in [0.1, 0.15) is 25.8 Å². The molecule has 0 aliphatic carbocycles. The highest BCUT2D eigenvalue weighted by molar-refractivity contribution is 5.75. The van der Waals surface area contributed by atoms with Gasteiger partial charge in [-0.15, -0.1) is 0 Å². The Morgan fingerprint density at radius 2 is 1.36 bits per heavy atom. The third kappa shape index (κ3) is 16.5. The van der Waals surface area contributed by atoms with Crippen LogP contribution in [-0.4, -0.2) is 175 Å². The van der Waals surface area contributed by atoms with Gasteiger partial charge in [-0.3, -0.25) is 34.0 Å². The minimum atomic E-state index is -0.953. The predicted molar refractivity (Wildman–Crippen MR) is 177 cm³/mol. The number of hydrogen-bond acceptors (Lipinski definition) is 13. The average Bonchev–Trinajstić information content (AvgIpc) is 3.06. The quantitative estimate of drug-likeness (QED) is 0.151. The van der Waals surface area contributed by atoms with Crippen LogP contribution in [0.25, 0.3) is 0 Å². The van der Waals surface area contributed by atoms with Gasteiger partial charge in [0, 0.05) is 73.2 Å². The molecule has 0 saturated carbocycles. The molecule has 0 radical (unpaired) electrons. The van der Waals surface area contributed by atoms with Crippen molar-refractivity contribution >= 4 is 24.2 Å². The molecule has 0 bridgehead atoms. The van der Waals surface area contributed by atoms with Crippen LogP contribution in [0.15, 0.2) is 24.3 Å². The molecule has 1 N–H and O–H groups in total. The number of ether oxygens (including phenoxy) is 5. The SMILES string of the molecule is CCOCCOc1ccc(CC(C(=O)O)N2CCN(CC=O)CCN(C(CC)C(=O)OC)CCN(CC(=O)OC)CC2)cc1.COC. The van der Waals surface area contributed by atoms with Gasteiger partial charge in [-0.25, -0.2) is 0 Å². The number of benzene rings is 1. The average molecular weight is 669 g/mol. The smallest absolute Gasteiger partial charge is 0.323 e. The van der Waals surface area contributed by atoms with Crippen molar-refractivity contribution in [2.24, 2.45) is 0 Å². The second-order valence-corrected chi connectivity index (χ2v) is 11.0. The lowest BCUT2D eigenvalue weighted by Gasteiger charge is -2.37. The van der Waals surface area contributed by atoms with Crippen LogP contribution in [-0.2, 0) is 44.5 Å². The van der Waals surface area contributed by atoms with Crippen LogP contribution < -0.4 is 4.74 Å². The highest BCUT2D eigenvalue weighted by Gasteiger charge is 2.30. The van der Waals surface area contributed by atoms with Gasteiger partial charge in [-0.1, -0.05) is 19.1 Å². The summed E-state index contributed by atoms with van der Waals surface area (Å²) in [6, 6.07) is 6.08. The van der Waals surface area contributed by atoms with Gasteiger partial charge in [-0.05, 0) is 37.5 Å². The zero-order valence-electron chi connectivity index (χ0n) is 29.1. The number of aliphatic carboxylic acids is 1. The summed E-state index contributed by atoms with van der Waals surface area (Å²) >= 11 is 0. The minimum absolute atomic E-state index is 0.0347. The number of carboxylic acid groups (broad SMARTS) is 1. The summed E-state index contributed by atoms with van der Waals surface area (Å²) in [6.07, 6.45) is 1.65. The Labute approximate surface area is 279 Å². The van der Waals surface area contributed by atoms with Crippen LogP contribution in [0.4, 0.5) is 0 Å². The summed E-state index contributed by atoms with van der Waals surface area (Å²) in [4.78, 5) is 56.8. The van der Waals surface area contributed by atoms with E-state index >= 15 is 0 Å². The van der Waals surface area contributed by atoms with Crippen LogP contribution in [0.3, 0.4) is 0 Å². The fourth-order valence-electron chi connectivity index (χ4n) is 5.23. The number of esters is 2. The number of methoxy groups -OCH3 is 3. The zero-order valence-corrected chi connectivity index (χ0v) is 29.1. The van der Waals surface area contributed by atoms with E-state index < -0.39 is 24.0 Å². The van der Waals surface area contributed by atoms with E-state index in [9.17, 15) is 24.3 Å². The van der Waals surface area contributed by atoms with Crippen molar-refractivity contribution in [3.8, 4) is 5.75 Å². The summed E-state index contributed by atoms with van der Waals surface area (Å²) in [7, 11) is 5.95. The van der Waals surface area contributed by atoms with Crippen molar-refractivity contribution in [2.75, 3.05) is 114 Å². The maximum absolute atomic E-state index is 12.6. The molecule has 1 aliphatic rings. The monoisotopic (exact) mass is 668 g/mol. The van der Waals surface area contributed by atoms with Gasteiger partial charge in [0.05, 0.1) is 33.9 Å². The molecule has 0 spiro atoms. The lowest BCUT2D eigenvalue weighted by atomic mass is 10.0. The number of hydrogen-bond donors (Lipinski definition) is 1. The molecule has 14 heteroatoms. The van der Waals surface area contributed by atoms with E-state index in [0.717, 1.165) is 11.8 Å². The summed E-state index contributed by atoms with van der Waals surface area (Å²) in [5.74, 6) is -1.00. The first kappa shape index (κ1) is 41.9. The summed E-state index contributed by atoms with van der Waals surface area (Å²) < 4.78 is 25.2. The molecule has 2 unspecified atom stereocenters. The molecule has 268 valence electrons. The van der Waals surface area contributed by atoms with Crippen molar-refractivity contribution in [1.29, 1.82) is 0 Å². The topological polar surface area (TPSA) is 148 Å². The molecule has 14 nitrogen and oxygen atoms in total. The van der Waals surface area contributed by atoms with Crippen molar-refractivity contribution in [3.63, 3.8) is 0 Å². The molecule has 1 aromatic carbocycles. The first-order chi connectivity index (χ1) is 22.7. The van der Waals surface area contributed by atoms with Gasteiger partial charge in [0.1, 0.15) is 30.7 Å². The summed E-state index contributed by atoms with van der Waals surface area (Å²) in [5.41, 5.74) is 0.848. The molecule has 2 atom stereocenters. The van der Waals surface area contributed by atoms with Gasteiger partial charge in [0.15, 0.2) is 0 Å². The van der Waals surface area contributed by atoms with Crippen LogP contribution in [0.2, 0.25) is 0 Å². The molecule has 1 saturated heterocycles. The normalized spacial score (nSPS) is 17.1. The standard InChI is InChI=1S/C31H50N4O9.C2H6O/c1-5-27(31(40)42-4)34-15-11-32(19-20-36)12-16-35(18-14-33(13-17-34)24-29(37)41-3)28(30(38)39)23-25-7-9-26(10-8-25)44-22-21-43-6-2;1-3-2/h7-10,20,27-28H,5-6,11-19,21-24H2,1-4H3,(H,38,39);1-2H3. The number of aldehydes is 1. The third-order valence-electron chi connectivity index (χ3n) is 7.81. The third-order valence-corrected chi connectivity index (χ3v) is 7.81. The van der Waals surface area contributed by atoms with Gasteiger partial charge in [0.2, 0.25) is 0 Å². The maximum Gasteiger partial charge on any atom is 0.323 e. The number of carboxylic acids is 1. The largest absolute Gasteiger partial charge is 0.491 e. The summed E-state index contributed by atoms with van der Waals surface area (Å²) in [5, 5.41) is 10.3. The Morgan fingerprint density at radius 1 is 0.809 bits per heavy atom. The molecule has 1 aliphatic heterocycles. The number of carbonyl (C=O) groups is 4. The zero-order chi connectivity index (χ0) is 35.0. The highest BCUT2D eigenvalue weighted by atomic mass is 16.5. The fraction of sp³-hybridized carbons (Fsp3) is 0.697. The van der Waals surface area contributed by atoms with Crippen LogP contribution >= 0.6 is 0 Å². The van der Waals surface area contributed by atoms with E-state index in [1.54, 1.807) is 14.2 Å². The molecule has 47 heavy (non-hydrogen) atoms. The van der Waals surface area contributed by atoms with E-state index in [1.165, 1.54) is 14.2 Å². The van der Waals surface area contributed by atoms with E-state index in [-0.39, 0.29) is 25.5 Å². The molecule has 2 rings (SSSR count). The predicted octanol–water partition coefficient (Wildman–Crippen LogP) is 0.905. The maximum atomic E-state index is 12.6. The van der Waals surface area contributed by atoms with Crippen LogP contribution in [0.5, 0.6) is 5.75 Å². The Balaban J connectivity index is 0.00000354. The van der Waals surface area contributed by atoms with E-state index in [1.807, 2.05) is 57.7 Å². The van der Waals surface area contributed by atoms with E-state index in [0.29, 0.717) is 84.3 Å².